The molecule has 0 radical (unpaired) electrons. The third kappa shape index (κ3) is 5.58. The molecule has 4 aromatic heterocycles. The van der Waals surface area contributed by atoms with E-state index in [1.807, 2.05) is 36.4 Å². The van der Waals surface area contributed by atoms with E-state index in [1.54, 1.807) is 45.2 Å². The molecule has 1 aromatic carbocycles. The highest BCUT2D eigenvalue weighted by Crippen LogP contribution is 2.37. The molecule has 1 atom stereocenters. The molecule has 0 amide bonds. The number of ether oxygens (including phenoxy) is 3. The average Bonchev–Trinajstić information content (AvgIpc) is 2.98. The van der Waals surface area contributed by atoms with Crippen LogP contribution in [0.1, 0.15) is 19.4 Å². The Bertz CT molecular complexity index is 1640. The molecule has 5 rings (SSSR count). The number of rotatable bonds is 10. The second-order valence-electron chi connectivity index (χ2n) is 10.1. The van der Waals surface area contributed by atoms with Gasteiger partial charge in [-0.25, -0.2) is 4.98 Å². The van der Waals surface area contributed by atoms with Crippen LogP contribution in [0.4, 0.5) is 5.82 Å². The predicted molar refractivity (Wildman–Crippen MR) is 157 cm³/mol. The van der Waals surface area contributed by atoms with Gasteiger partial charge in [0.2, 0.25) is 0 Å². The van der Waals surface area contributed by atoms with Crippen LogP contribution in [0.25, 0.3) is 32.9 Å². The number of nitrogens with two attached hydrogens (primary N) is 2. The maximum atomic E-state index is 6.37. The number of benzene rings is 1. The molecule has 5 N–H and O–H groups in total. The number of aromatic nitrogens is 4. The fraction of sp³-hybridized carbons (Fsp3) is 0.267. The molecule has 0 saturated carbocycles. The van der Waals surface area contributed by atoms with Gasteiger partial charge in [-0.05, 0) is 55.1 Å². The highest BCUT2D eigenvalue weighted by atomic mass is 16.5. The number of pyridine rings is 4. The van der Waals surface area contributed by atoms with Crippen LogP contribution < -0.4 is 31.0 Å². The monoisotopic (exact) mass is 539 g/mol. The maximum Gasteiger partial charge on any atom is 0.162 e. The third-order valence-electron chi connectivity index (χ3n) is 6.89. The van der Waals surface area contributed by atoms with Gasteiger partial charge in [0.1, 0.15) is 18.2 Å². The molecule has 0 saturated heterocycles. The van der Waals surface area contributed by atoms with Crippen molar-refractivity contribution in [3.8, 4) is 28.5 Å². The largest absolute Gasteiger partial charge is 0.493 e. The summed E-state index contributed by atoms with van der Waals surface area (Å²) in [6.45, 7) is 5.10. The Morgan fingerprint density at radius 3 is 2.40 bits per heavy atom. The van der Waals surface area contributed by atoms with Gasteiger partial charge in [0.05, 0.1) is 37.7 Å². The topological polar surface area (TPSA) is 143 Å². The summed E-state index contributed by atoms with van der Waals surface area (Å²) in [7, 11) is 3.20. The second kappa shape index (κ2) is 11.3. The molecule has 0 bridgehead atoms. The molecule has 5 aromatic rings. The van der Waals surface area contributed by atoms with Crippen molar-refractivity contribution < 1.29 is 14.2 Å². The first kappa shape index (κ1) is 27.0. The van der Waals surface area contributed by atoms with Gasteiger partial charge in [-0.15, -0.1) is 0 Å². The van der Waals surface area contributed by atoms with Crippen molar-refractivity contribution >= 4 is 27.5 Å². The lowest BCUT2D eigenvalue weighted by Gasteiger charge is -2.28. The van der Waals surface area contributed by atoms with Crippen LogP contribution in [0.3, 0.4) is 0 Å². The number of nitrogens with zero attached hydrogens (tertiary/aromatic N) is 4. The van der Waals surface area contributed by atoms with E-state index < -0.39 is 0 Å². The van der Waals surface area contributed by atoms with Crippen LogP contribution in [0.5, 0.6) is 17.2 Å². The van der Waals surface area contributed by atoms with Crippen molar-refractivity contribution in [3.63, 3.8) is 0 Å². The number of methoxy groups -OCH3 is 2. The first-order valence-electron chi connectivity index (χ1n) is 12.9. The van der Waals surface area contributed by atoms with Crippen molar-refractivity contribution in [2.24, 2.45) is 5.73 Å². The van der Waals surface area contributed by atoms with E-state index in [0.29, 0.717) is 41.9 Å². The lowest BCUT2D eigenvalue weighted by Crippen LogP contribution is -2.46. The second-order valence-corrected chi connectivity index (χ2v) is 10.1. The predicted octanol–water partition coefficient (Wildman–Crippen LogP) is 4.07. The van der Waals surface area contributed by atoms with Crippen LogP contribution >= 0.6 is 0 Å². The van der Waals surface area contributed by atoms with Crippen molar-refractivity contribution in [2.75, 3.05) is 33.1 Å². The Hall–Kier alpha value is -4.54. The van der Waals surface area contributed by atoms with Crippen LogP contribution in [-0.4, -0.2) is 53.3 Å². The molecular formula is C30H33N7O3. The molecule has 40 heavy (non-hydrogen) atoms. The van der Waals surface area contributed by atoms with Crippen LogP contribution in [0.2, 0.25) is 0 Å². The van der Waals surface area contributed by atoms with Crippen molar-refractivity contribution in [1.29, 1.82) is 0 Å². The number of anilines is 1. The zero-order chi connectivity index (χ0) is 28.3. The summed E-state index contributed by atoms with van der Waals surface area (Å²) in [6, 6.07) is 11.4. The van der Waals surface area contributed by atoms with E-state index in [2.05, 4.69) is 39.1 Å². The number of hydrogen-bond donors (Lipinski definition) is 3. The molecule has 10 nitrogen and oxygen atoms in total. The van der Waals surface area contributed by atoms with Gasteiger partial charge in [-0.2, -0.15) is 0 Å². The quantitative estimate of drug-likeness (QED) is 0.222. The van der Waals surface area contributed by atoms with Crippen molar-refractivity contribution in [2.45, 2.75) is 25.4 Å². The van der Waals surface area contributed by atoms with Crippen LogP contribution in [0.15, 0.2) is 67.4 Å². The van der Waals surface area contributed by atoms with Gasteiger partial charge < -0.3 is 31.0 Å². The van der Waals surface area contributed by atoms with E-state index in [-0.39, 0.29) is 11.6 Å². The minimum absolute atomic E-state index is 0.231. The standard InChI is InChI=1S/C30H33N7O3/c1-30(2,19-5-7-33-8-6-19)36-14-20(31)17-40-21-9-18(13-34-15-21)25-10-22-23-11-27(38-3)28(39-4)12-26(23)35-16-24(22)29(32)37-25/h5-13,15-16,20,36H,14,17,31H2,1-4H3,(H2,32,37)/t20-/m0/s1. The maximum absolute atomic E-state index is 6.37. The average molecular weight is 540 g/mol. The van der Waals surface area contributed by atoms with E-state index >= 15 is 0 Å². The number of nitrogen functional groups attached to an aromatic ring is 1. The molecule has 0 unspecified atom stereocenters. The minimum Gasteiger partial charge on any atom is -0.493 e. The SMILES string of the molecule is COc1cc2ncc3c(N)nc(-c4cncc(OC[C@@H](N)CNC(C)(C)c5ccncc5)c4)cc3c2cc1OC. The van der Waals surface area contributed by atoms with E-state index in [4.69, 9.17) is 25.7 Å². The van der Waals surface area contributed by atoms with Crippen molar-refractivity contribution in [1.82, 2.24) is 25.3 Å². The summed E-state index contributed by atoms with van der Waals surface area (Å²) >= 11 is 0. The van der Waals surface area contributed by atoms with Gasteiger partial charge in [0.25, 0.3) is 0 Å². The van der Waals surface area contributed by atoms with Crippen LogP contribution in [-0.2, 0) is 5.54 Å². The van der Waals surface area contributed by atoms with Gasteiger partial charge in [-0.3, -0.25) is 15.0 Å². The van der Waals surface area contributed by atoms with E-state index in [0.717, 1.165) is 32.8 Å². The van der Waals surface area contributed by atoms with Gasteiger partial charge in [0.15, 0.2) is 11.5 Å². The fourth-order valence-electron chi connectivity index (χ4n) is 4.56. The molecule has 0 aliphatic rings. The van der Waals surface area contributed by atoms with E-state index in [9.17, 15) is 0 Å². The lowest BCUT2D eigenvalue weighted by molar-refractivity contribution is 0.270. The van der Waals surface area contributed by atoms with Gasteiger partial charge in [0, 0.05) is 59.3 Å². The molecule has 0 aliphatic carbocycles. The Labute approximate surface area is 232 Å². The Morgan fingerprint density at radius 1 is 0.900 bits per heavy atom. The fourth-order valence-corrected chi connectivity index (χ4v) is 4.56. The first-order chi connectivity index (χ1) is 19.3. The Kier molecular flexibility index (Phi) is 7.63. The van der Waals surface area contributed by atoms with Crippen LogP contribution in [0, 0.1) is 0 Å². The Balaban J connectivity index is 1.35. The molecule has 4 heterocycles. The molecule has 0 fully saturated rings. The first-order valence-corrected chi connectivity index (χ1v) is 12.9. The van der Waals surface area contributed by atoms with E-state index in [1.165, 1.54) is 0 Å². The summed E-state index contributed by atoms with van der Waals surface area (Å²) in [5, 5.41) is 6.02. The summed E-state index contributed by atoms with van der Waals surface area (Å²) in [5.74, 6) is 2.17. The highest BCUT2D eigenvalue weighted by Gasteiger charge is 2.21. The number of hydrogen-bond acceptors (Lipinski definition) is 10. The number of fused-ring (bicyclic) bond motifs is 3. The minimum atomic E-state index is -0.251. The zero-order valence-corrected chi connectivity index (χ0v) is 23.0. The smallest absolute Gasteiger partial charge is 0.162 e. The highest BCUT2D eigenvalue weighted by molar-refractivity contribution is 6.10. The molecular weight excluding hydrogens is 506 g/mol. The Morgan fingerprint density at radius 2 is 1.65 bits per heavy atom. The summed E-state index contributed by atoms with van der Waals surface area (Å²) < 4.78 is 17.0. The molecule has 10 heteroatoms. The number of nitrogens with one attached hydrogen (secondary N) is 1. The molecule has 0 aliphatic heterocycles. The van der Waals surface area contributed by atoms with Crippen molar-refractivity contribution in [3.05, 3.63) is 72.9 Å². The van der Waals surface area contributed by atoms with Gasteiger partial charge >= 0.3 is 0 Å². The normalized spacial score (nSPS) is 12.4. The molecule has 0 spiro atoms. The zero-order valence-electron chi connectivity index (χ0n) is 23.0. The van der Waals surface area contributed by atoms with Gasteiger partial charge in [-0.1, -0.05) is 0 Å². The summed E-state index contributed by atoms with van der Waals surface area (Å²) in [5.41, 5.74) is 15.8. The molecule has 206 valence electrons. The summed E-state index contributed by atoms with van der Waals surface area (Å²) in [4.78, 5) is 17.6. The third-order valence-corrected chi connectivity index (χ3v) is 6.89. The lowest BCUT2D eigenvalue weighted by atomic mass is 9.95. The summed E-state index contributed by atoms with van der Waals surface area (Å²) in [6.07, 6.45) is 8.68.